The van der Waals surface area contributed by atoms with E-state index < -0.39 is 0 Å². The fraction of sp³-hybridized carbons (Fsp3) is 0.667. The zero-order chi connectivity index (χ0) is 11.2. The van der Waals surface area contributed by atoms with E-state index >= 15 is 0 Å². The van der Waals surface area contributed by atoms with Gasteiger partial charge in [0.1, 0.15) is 6.33 Å². The summed E-state index contributed by atoms with van der Waals surface area (Å²) in [6.45, 7) is 3.50. The molecule has 1 amide bonds. The average molecular weight is 258 g/mol. The minimum absolute atomic E-state index is 0.249. The number of piperazine rings is 1. The Morgan fingerprint density at radius 1 is 1.56 bits per heavy atom. The number of aromatic nitrogens is 2. The van der Waals surface area contributed by atoms with Gasteiger partial charge in [0.2, 0.25) is 5.91 Å². The van der Waals surface area contributed by atoms with Crippen LogP contribution >= 0.6 is 23.3 Å². The normalized spacial score (nSPS) is 16.4. The van der Waals surface area contributed by atoms with E-state index in [4.69, 9.17) is 0 Å². The molecule has 2 rings (SSSR count). The first-order chi connectivity index (χ1) is 7.86. The highest BCUT2D eigenvalue weighted by molar-refractivity contribution is 8.00. The number of hydrogen-bond donors (Lipinski definition) is 1. The first kappa shape index (κ1) is 11.8. The van der Waals surface area contributed by atoms with Crippen LogP contribution in [0.5, 0.6) is 0 Å². The largest absolute Gasteiger partial charge is 0.340 e. The third-order valence-corrected chi connectivity index (χ3v) is 4.15. The maximum Gasteiger partial charge on any atom is 0.223 e. The summed E-state index contributed by atoms with van der Waals surface area (Å²) in [5, 5.41) is 3.23. The van der Waals surface area contributed by atoms with Crippen LogP contribution in [-0.4, -0.2) is 52.1 Å². The lowest BCUT2D eigenvalue weighted by atomic mass is 10.3. The molecule has 1 fully saturated rings. The molecule has 1 aliphatic rings. The van der Waals surface area contributed by atoms with Crippen molar-refractivity contribution in [3.8, 4) is 0 Å². The van der Waals surface area contributed by atoms with Crippen molar-refractivity contribution in [2.45, 2.75) is 10.8 Å². The molecule has 0 saturated carbocycles. The lowest BCUT2D eigenvalue weighted by Crippen LogP contribution is -2.46. The van der Waals surface area contributed by atoms with Crippen LogP contribution in [0.15, 0.2) is 10.7 Å². The molecule has 7 heteroatoms. The van der Waals surface area contributed by atoms with Crippen molar-refractivity contribution in [2.75, 3.05) is 31.9 Å². The number of hydrogen-bond acceptors (Lipinski definition) is 6. The van der Waals surface area contributed by atoms with Crippen molar-refractivity contribution >= 4 is 29.2 Å². The second-order valence-corrected chi connectivity index (χ2v) is 5.56. The van der Waals surface area contributed by atoms with Gasteiger partial charge in [-0.2, -0.15) is 4.37 Å². The van der Waals surface area contributed by atoms with E-state index in [2.05, 4.69) is 14.7 Å². The van der Waals surface area contributed by atoms with E-state index in [1.54, 1.807) is 18.1 Å². The number of nitrogens with one attached hydrogen (secondary N) is 1. The molecule has 0 aromatic carbocycles. The maximum atomic E-state index is 11.8. The van der Waals surface area contributed by atoms with E-state index in [1.807, 2.05) is 4.90 Å². The molecular weight excluding hydrogens is 244 g/mol. The molecule has 0 radical (unpaired) electrons. The number of carbonyl (C=O) groups is 1. The summed E-state index contributed by atoms with van der Waals surface area (Å²) in [6, 6.07) is 0. The van der Waals surface area contributed by atoms with Gasteiger partial charge >= 0.3 is 0 Å². The van der Waals surface area contributed by atoms with Crippen LogP contribution in [0.25, 0.3) is 0 Å². The van der Waals surface area contributed by atoms with Gasteiger partial charge in [-0.25, -0.2) is 4.98 Å². The van der Waals surface area contributed by atoms with Gasteiger partial charge < -0.3 is 10.2 Å². The highest BCUT2D eigenvalue weighted by Crippen LogP contribution is 2.19. The molecule has 1 N–H and O–H groups in total. The standard InChI is InChI=1S/C9H14N4OS2/c14-8(13-4-2-10-3-5-13)1-6-15-9-11-7-12-16-9/h7,10H,1-6H2. The minimum Gasteiger partial charge on any atom is -0.340 e. The molecule has 88 valence electrons. The summed E-state index contributed by atoms with van der Waals surface area (Å²) in [7, 11) is 0. The van der Waals surface area contributed by atoms with Crippen LogP contribution in [0, 0.1) is 0 Å². The molecule has 0 bridgehead atoms. The number of carbonyl (C=O) groups excluding carboxylic acids is 1. The van der Waals surface area contributed by atoms with E-state index in [0.29, 0.717) is 6.42 Å². The minimum atomic E-state index is 0.249. The molecule has 5 nitrogen and oxygen atoms in total. The Morgan fingerprint density at radius 3 is 3.06 bits per heavy atom. The predicted molar refractivity (Wildman–Crippen MR) is 64.7 cm³/mol. The molecule has 1 saturated heterocycles. The Labute approximate surface area is 103 Å². The molecular formula is C9H14N4OS2. The van der Waals surface area contributed by atoms with Crippen LogP contribution in [0.3, 0.4) is 0 Å². The van der Waals surface area contributed by atoms with Crippen LogP contribution < -0.4 is 5.32 Å². The third kappa shape index (κ3) is 3.43. The Bertz CT molecular complexity index is 324. The molecule has 2 heterocycles. The summed E-state index contributed by atoms with van der Waals surface area (Å²) in [6.07, 6.45) is 2.13. The van der Waals surface area contributed by atoms with E-state index in [1.165, 1.54) is 11.5 Å². The second-order valence-electron chi connectivity index (χ2n) is 3.44. The van der Waals surface area contributed by atoms with Gasteiger partial charge in [0.25, 0.3) is 0 Å². The van der Waals surface area contributed by atoms with E-state index in [-0.39, 0.29) is 5.91 Å². The molecule has 16 heavy (non-hydrogen) atoms. The van der Waals surface area contributed by atoms with Crippen molar-refractivity contribution in [1.29, 1.82) is 0 Å². The van der Waals surface area contributed by atoms with Crippen molar-refractivity contribution in [1.82, 2.24) is 19.6 Å². The number of amides is 1. The van der Waals surface area contributed by atoms with E-state index in [0.717, 1.165) is 36.3 Å². The summed E-state index contributed by atoms with van der Waals surface area (Å²) in [4.78, 5) is 17.8. The molecule has 0 unspecified atom stereocenters. The van der Waals surface area contributed by atoms with Gasteiger partial charge in [0.05, 0.1) is 0 Å². The zero-order valence-electron chi connectivity index (χ0n) is 8.89. The first-order valence-electron chi connectivity index (χ1n) is 5.24. The summed E-state index contributed by atoms with van der Waals surface area (Å²) >= 11 is 2.98. The van der Waals surface area contributed by atoms with Crippen LogP contribution in [0.1, 0.15) is 6.42 Å². The fourth-order valence-corrected chi connectivity index (χ4v) is 2.97. The lowest BCUT2D eigenvalue weighted by molar-refractivity contribution is -0.131. The monoisotopic (exact) mass is 258 g/mol. The molecule has 0 aliphatic carbocycles. The SMILES string of the molecule is O=C(CCSc1ncns1)N1CCNCC1. The van der Waals surface area contributed by atoms with Crippen molar-refractivity contribution in [3.05, 3.63) is 6.33 Å². The van der Waals surface area contributed by atoms with E-state index in [9.17, 15) is 4.79 Å². The third-order valence-electron chi connectivity index (χ3n) is 2.35. The summed E-state index contributed by atoms with van der Waals surface area (Å²) < 4.78 is 4.85. The Balaban J connectivity index is 1.67. The van der Waals surface area contributed by atoms with Crippen LogP contribution in [0.4, 0.5) is 0 Å². The molecule has 0 spiro atoms. The van der Waals surface area contributed by atoms with Gasteiger partial charge in [0.15, 0.2) is 4.34 Å². The van der Waals surface area contributed by atoms with Crippen molar-refractivity contribution < 1.29 is 4.79 Å². The fourth-order valence-electron chi connectivity index (χ4n) is 1.52. The lowest BCUT2D eigenvalue weighted by Gasteiger charge is -2.27. The van der Waals surface area contributed by atoms with Gasteiger partial charge in [-0.1, -0.05) is 11.8 Å². The van der Waals surface area contributed by atoms with Gasteiger partial charge in [-0.05, 0) is 11.5 Å². The summed E-state index contributed by atoms with van der Waals surface area (Å²) in [5.74, 6) is 1.04. The number of thioether (sulfide) groups is 1. The molecule has 1 aromatic heterocycles. The topological polar surface area (TPSA) is 58.1 Å². The predicted octanol–water partition coefficient (Wildman–Crippen LogP) is 0.452. The van der Waals surface area contributed by atoms with Crippen molar-refractivity contribution in [3.63, 3.8) is 0 Å². The first-order valence-corrected chi connectivity index (χ1v) is 7.00. The number of nitrogens with zero attached hydrogens (tertiary/aromatic N) is 3. The van der Waals surface area contributed by atoms with Gasteiger partial charge in [0, 0.05) is 38.4 Å². The highest BCUT2D eigenvalue weighted by Gasteiger charge is 2.15. The molecule has 0 atom stereocenters. The maximum absolute atomic E-state index is 11.8. The molecule has 1 aromatic rings. The second kappa shape index (κ2) is 6.17. The summed E-state index contributed by atoms with van der Waals surface area (Å²) in [5.41, 5.74) is 0. The molecule has 1 aliphatic heterocycles. The Kier molecular flexibility index (Phi) is 4.55. The Morgan fingerprint density at radius 2 is 2.38 bits per heavy atom. The van der Waals surface area contributed by atoms with Crippen LogP contribution in [-0.2, 0) is 4.79 Å². The zero-order valence-corrected chi connectivity index (χ0v) is 10.5. The van der Waals surface area contributed by atoms with Crippen molar-refractivity contribution in [2.24, 2.45) is 0 Å². The average Bonchev–Trinajstić information content (AvgIpc) is 2.83. The quantitative estimate of drug-likeness (QED) is 0.795. The highest BCUT2D eigenvalue weighted by atomic mass is 32.2. The van der Waals surface area contributed by atoms with Gasteiger partial charge in [-0.15, -0.1) is 0 Å². The van der Waals surface area contributed by atoms with Crippen LogP contribution in [0.2, 0.25) is 0 Å². The smallest absolute Gasteiger partial charge is 0.223 e. The Hall–Kier alpha value is -0.660. The van der Waals surface area contributed by atoms with Gasteiger partial charge in [-0.3, -0.25) is 4.79 Å². The number of rotatable bonds is 4.